The first kappa shape index (κ1) is 20.0. The third-order valence-electron chi connectivity index (χ3n) is 5.08. The summed E-state index contributed by atoms with van der Waals surface area (Å²) in [6.45, 7) is 2.49. The van der Waals surface area contributed by atoms with Gasteiger partial charge in [0.15, 0.2) is 11.5 Å². The van der Waals surface area contributed by atoms with Crippen LogP contribution in [0.5, 0.6) is 11.5 Å². The first-order chi connectivity index (χ1) is 14.6. The minimum atomic E-state index is -0.129. The highest BCUT2D eigenvalue weighted by molar-refractivity contribution is 6.30. The van der Waals surface area contributed by atoms with E-state index in [9.17, 15) is 4.79 Å². The third-order valence-corrected chi connectivity index (χ3v) is 5.33. The minimum Gasteiger partial charge on any atom is -0.493 e. The summed E-state index contributed by atoms with van der Waals surface area (Å²) in [5, 5.41) is 4.42. The van der Waals surface area contributed by atoms with E-state index in [0.717, 1.165) is 22.4 Å². The van der Waals surface area contributed by atoms with Crippen molar-refractivity contribution in [3.05, 3.63) is 47.7 Å². The summed E-state index contributed by atoms with van der Waals surface area (Å²) in [4.78, 5) is 25.4. The van der Waals surface area contributed by atoms with Crippen LogP contribution < -0.4 is 19.7 Å². The van der Waals surface area contributed by atoms with Gasteiger partial charge in [0.2, 0.25) is 0 Å². The molecule has 30 heavy (non-hydrogen) atoms. The minimum absolute atomic E-state index is 0.129. The molecule has 2 amide bonds. The quantitative estimate of drug-likeness (QED) is 0.684. The molecular formula is C21H22ClN5O3. The number of hydrogen-bond donors (Lipinski definition) is 1. The molecule has 3 aromatic rings. The second kappa shape index (κ2) is 8.62. The monoisotopic (exact) mass is 427 g/mol. The Balaban J connectivity index is 1.48. The van der Waals surface area contributed by atoms with Crippen LogP contribution in [0.3, 0.4) is 0 Å². The number of carbonyl (C=O) groups excluding carboxylic acids is 1. The van der Waals surface area contributed by atoms with Crippen LogP contribution in [0.4, 0.5) is 16.3 Å². The lowest BCUT2D eigenvalue weighted by Crippen LogP contribution is -2.50. The van der Waals surface area contributed by atoms with Crippen LogP contribution in [-0.2, 0) is 0 Å². The molecule has 1 fully saturated rings. The molecule has 1 aromatic heterocycles. The topological polar surface area (TPSA) is 79.8 Å². The molecule has 0 unspecified atom stereocenters. The number of carbonyl (C=O) groups is 1. The number of nitrogens with one attached hydrogen (secondary N) is 1. The van der Waals surface area contributed by atoms with Gasteiger partial charge in [-0.3, -0.25) is 0 Å². The fourth-order valence-electron chi connectivity index (χ4n) is 3.48. The Morgan fingerprint density at radius 2 is 1.67 bits per heavy atom. The van der Waals surface area contributed by atoms with Crippen LogP contribution in [0, 0.1) is 0 Å². The number of rotatable bonds is 4. The van der Waals surface area contributed by atoms with Crippen LogP contribution in [0.2, 0.25) is 5.02 Å². The maximum atomic E-state index is 12.6. The van der Waals surface area contributed by atoms with E-state index >= 15 is 0 Å². The highest BCUT2D eigenvalue weighted by Crippen LogP contribution is 2.34. The van der Waals surface area contributed by atoms with Gasteiger partial charge in [0, 0.05) is 48.3 Å². The molecule has 0 bridgehead atoms. The molecule has 0 saturated carbocycles. The van der Waals surface area contributed by atoms with E-state index in [-0.39, 0.29) is 6.03 Å². The molecule has 1 saturated heterocycles. The molecule has 4 rings (SSSR count). The van der Waals surface area contributed by atoms with E-state index in [4.69, 9.17) is 21.1 Å². The van der Waals surface area contributed by atoms with Crippen molar-refractivity contribution in [3.63, 3.8) is 0 Å². The molecule has 9 heteroatoms. The SMILES string of the molecule is COc1cc2ncnc(N3CCN(C(=O)Nc4ccc(Cl)cc4)CC3)c2cc1OC. The molecule has 0 atom stereocenters. The first-order valence-electron chi connectivity index (χ1n) is 9.52. The van der Waals surface area contributed by atoms with E-state index in [1.165, 1.54) is 0 Å². The van der Waals surface area contributed by atoms with Crippen molar-refractivity contribution in [2.45, 2.75) is 0 Å². The van der Waals surface area contributed by atoms with E-state index in [1.54, 1.807) is 49.7 Å². The Morgan fingerprint density at radius 3 is 2.33 bits per heavy atom. The Morgan fingerprint density at radius 1 is 1.00 bits per heavy atom. The molecular weight excluding hydrogens is 406 g/mol. The van der Waals surface area contributed by atoms with Crippen molar-refractivity contribution in [3.8, 4) is 11.5 Å². The molecule has 1 N–H and O–H groups in total. The van der Waals surface area contributed by atoms with Crippen LogP contribution in [0.15, 0.2) is 42.7 Å². The zero-order valence-electron chi connectivity index (χ0n) is 16.8. The van der Waals surface area contributed by atoms with Crippen LogP contribution in [-0.4, -0.2) is 61.3 Å². The predicted molar refractivity (Wildman–Crippen MR) is 117 cm³/mol. The van der Waals surface area contributed by atoms with Gasteiger partial charge in [-0.1, -0.05) is 11.6 Å². The predicted octanol–water partition coefficient (Wildman–Crippen LogP) is 3.65. The number of hydrogen-bond acceptors (Lipinski definition) is 6. The number of ether oxygens (including phenoxy) is 2. The van der Waals surface area contributed by atoms with Gasteiger partial charge < -0.3 is 24.6 Å². The number of nitrogens with zero attached hydrogens (tertiary/aromatic N) is 4. The summed E-state index contributed by atoms with van der Waals surface area (Å²) < 4.78 is 10.8. The van der Waals surface area contributed by atoms with Crippen molar-refractivity contribution < 1.29 is 14.3 Å². The molecule has 2 aromatic carbocycles. The van der Waals surface area contributed by atoms with Crippen molar-refractivity contribution in [1.29, 1.82) is 0 Å². The van der Waals surface area contributed by atoms with Gasteiger partial charge in [0.05, 0.1) is 19.7 Å². The highest BCUT2D eigenvalue weighted by Gasteiger charge is 2.24. The van der Waals surface area contributed by atoms with Crippen LogP contribution in [0.1, 0.15) is 0 Å². The van der Waals surface area contributed by atoms with Gasteiger partial charge in [-0.25, -0.2) is 14.8 Å². The summed E-state index contributed by atoms with van der Waals surface area (Å²) in [6.07, 6.45) is 1.54. The summed E-state index contributed by atoms with van der Waals surface area (Å²) in [5.41, 5.74) is 1.50. The zero-order valence-corrected chi connectivity index (χ0v) is 17.5. The lowest BCUT2D eigenvalue weighted by molar-refractivity contribution is 0.208. The summed E-state index contributed by atoms with van der Waals surface area (Å²) in [5.74, 6) is 2.07. The number of halogens is 1. The number of methoxy groups -OCH3 is 2. The summed E-state index contributed by atoms with van der Waals surface area (Å²) >= 11 is 5.89. The Labute approximate surface area is 179 Å². The highest BCUT2D eigenvalue weighted by atomic mass is 35.5. The smallest absolute Gasteiger partial charge is 0.321 e. The number of piperazine rings is 1. The molecule has 1 aliphatic heterocycles. The number of benzene rings is 2. The van der Waals surface area contributed by atoms with Crippen LogP contribution >= 0.6 is 11.6 Å². The average Bonchev–Trinajstić information content (AvgIpc) is 2.79. The second-order valence-corrected chi connectivity index (χ2v) is 7.27. The van der Waals surface area contributed by atoms with Crippen LogP contribution in [0.25, 0.3) is 10.9 Å². The van der Waals surface area contributed by atoms with E-state index in [2.05, 4.69) is 20.2 Å². The van der Waals surface area contributed by atoms with Gasteiger partial charge in [-0.2, -0.15) is 0 Å². The Hall–Kier alpha value is -3.26. The van der Waals surface area contributed by atoms with Gasteiger partial charge in [0.25, 0.3) is 0 Å². The lowest BCUT2D eigenvalue weighted by atomic mass is 10.2. The molecule has 0 radical (unpaired) electrons. The van der Waals surface area contributed by atoms with Crippen molar-refractivity contribution in [2.24, 2.45) is 0 Å². The Bertz CT molecular complexity index is 1050. The molecule has 156 valence electrons. The van der Waals surface area contributed by atoms with E-state index in [1.807, 2.05) is 12.1 Å². The molecule has 0 spiro atoms. The second-order valence-electron chi connectivity index (χ2n) is 6.83. The third kappa shape index (κ3) is 4.04. The van der Waals surface area contributed by atoms with Gasteiger partial charge in [0.1, 0.15) is 12.1 Å². The fourth-order valence-corrected chi connectivity index (χ4v) is 3.60. The number of aromatic nitrogens is 2. The molecule has 2 heterocycles. The fraction of sp³-hybridized carbons (Fsp3) is 0.286. The number of amides is 2. The standard InChI is InChI=1S/C21H22ClN5O3/c1-29-18-11-16-17(12-19(18)30-2)23-13-24-20(16)26-7-9-27(10-8-26)21(28)25-15-5-3-14(22)4-6-15/h3-6,11-13H,7-10H2,1-2H3,(H,25,28). The molecule has 8 nitrogen and oxygen atoms in total. The number of urea groups is 1. The largest absolute Gasteiger partial charge is 0.493 e. The van der Waals surface area contributed by atoms with E-state index in [0.29, 0.717) is 42.7 Å². The Kier molecular flexibility index (Phi) is 5.76. The maximum absolute atomic E-state index is 12.6. The van der Waals surface area contributed by atoms with E-state index < -0.39 is 0 Å². The van der Waals surface area contributed by atoms with Gasteiger partial charge in [-0.05, 0) is 30.3 Å². The van der Waals surface area contributed by atoms with Gasteiger partial charge >= 0.3 is 6.03 Å². The molecule has 0 aliphatic carbocycles. The van der Waals surface area contributed by atoms with Crippen molar-refractivity contribution >= 4 is 40.0 Å². The van der Waals surface area contributed by atoms with Crippen molar-refractivity contribution in [2.75, 3.05) is 50.6 Å². The lowest BCUT2D eigenvalue weighted by Gasteiger charge is -2.35. The normalized spacial score (nSPS) is 14.0. The first-order valence-corrected chi connectivity index (χ1v) is 9.90. The maximum Gasteiger partial charge on any atom is 0.321 e. The number of fused-ring (bicyclic) bond motifs is 1. The van der Waals surface area contributed by atoms with Crippen molar-refractivity contribution in [1.82, 2.24) is 14.9 Å². The average molecular weight is 428 g/mol. The van der Waals surface area contributed by atoms with Gasteiger partial charge in [-0.15, -0.1) is 0 Å². The zero-order chi connectivity index (χ0) is 21.1. The summed E-state index contributed by atoms with van der Waals surface area (Å²) in [6, 6.07) is 10.7. The number of anilines is 2. The molecule has 1 aliphatic rings. The summed E-state index contributed by atoms with van der Waals surface area (Å²) in [7, 11) is 3.20.